The minimum absolute atomic E-state index is 0.119. The lowest BCUT2D eigenvalue weighted by Crippen LogP contribution is -2.14. The van der Waals surface area contributed by atoms with Crippen molar-refractivity contribution in [3.8, 4) is 0 Å². The summed E-state index contributed by atoms with van der Waals surface area (Å²) in [6.45, 7) is 0. The Labute approximate surface area is 173 Å². The molecule has 3 rings (SSSR count). The SMILES string of the molecule is [2H]C([2H])(CCC[C@]([2H])(O)c1ccccc1)c1ccc(NC(=O)Cc2csc(N)n2)cc1. The van der Waals surface area contributed by atoms with Gasteiger partial charge in [-0.3, -0.25) is 4.79 Å². The van der Waals surface area contributed by atoms with E-state index in [1.54, 1.807) is 53.9 Å². The van der Waals surface area contributed by atoms with E-state index in [1.807, 2.05) is 6.07 Å². The second-order valence-electron chi connectivity index (χ2n) is 6.32. The van der Waals surface area contributed by atoms with Gasteiger partial charge in [0.15, 0.2) is 5.13 Å². The van der Waals surface area contributed by atoms with Gasteiger partial charge < -0.3 is 16.2 Å². The zero-order valence-corrected chi connectivity index (χ0v) is 16.2. The van der Waals surface area contributed by atoms with Crippen LogP contribution in [0.25, 0.3) is 0 Å². The van der Waals surface area contributed by atoms with Crippen LogP contribution in [0, 0.1) is 0 Å². The van der Waals surface area contributed by atoms with Crippen LogP contribution in [0.1, 0.15) is 46.3 Å². The molecule has 0 aliphatic rings. The van der Waals surface area contributed by atoms with Crippen LogP contribution in [-0.2, 0) is 17.6 Å². The Bertz CT molecular complexity index is 1010. The maximum atomic E-state index is 12.1. The minimum Gasteiger partial charge on any atom is -0.388 e. The predicted molar refractivity (Wildman–Crippen MR) is 114 cm³/mol. The molecule has 1 atom stereocenters. The Morgan fingerprint density at radius 3 is 2.64 bits per heavy atom. The number of thiazole rings is 1. The van der Waals surface area contributed by atoms with Crippen LogP contribution in [0.3, 0.4) is 0 Å². The molecule has 0 saturated carbocycles. The number of aliphatic hydroxyl groups is 1. The Morgan fingerprint density at radius 2 is 1.96 bits per heavy atom. The molecule has 1 amide bonds. The summed E-state index contributed by atoms with van der Waals surface area (Å²) < 4.78 is 24.9. The molecule has 0 radical (unpaired) electrons. The lowest BCUT2D eigenvalue weighted by molar-refractivity contribution is -0.115. The number of nitrogens with two attached hydrogens (primary N) is 1. The van der Waals surface area contributed by atoms with E-state index in [4.69, 9.17) is 9.85 Å². The van der Waals surface area contributed by atoms with Gasteiger partial charge >= 0.3 is 0 Å². The number of rotatable bonds is 9. The number of carbonyl (C=O) groups is 1. The molecule has 146 valence electrons. The first kappa shape index (κ1) is 16.3. The van der Waals surface area contributed by atoms with Gasteiger partial charge in [0, 0.05) is 13.8 Å². The largest absolute Gasteiger partial charge is 0.388 e. The number of carbonyl (C=O) groups excluding carboxylic acids is 1. The van der Waals surface area contributed by atoms with Crippen molar-refractivity contribution in [2.45, 2.75) is 38.1 Å². The predicted octanol–water partition coefficient (Wildman–Crippen LogP) is 4.35. The maximum absolute atomic E-state index is 12.1. The summed E-state index contributed by atoms with van der Waals surface area (Å²) in [7, 11) is 0. The van der Waals surface area contributed by atoms with Crippen LogP contribution in [0.15, 0.2) is 60.0 Å². The Morgan fingerprint density at radius 1 is 1.21 bits per heavy atom. The molecular formula is C22H25N3O2S. The van der Waals surface area contributed by atoms with Crippen LogP contribution in [0.2, 0.25) is 0 Å². The average molecular weight is 399 g/mol. The zero-order valence-electron chi connectivity index (χ0n) is 18.4. The van der Waals surface area contributed by atoms with E-state index in [0.717, 1.165) is 0 Å². The van der Waals surface area contributed by atoms with Crippen molar-refractivity contribution < 1.29 is 14.0 Å². The summed E-state index contributed by atoms with van der Waals surface area (Å²) in [6.07, 6.45) is -2.60. The highest BCUT2D eigenvalue weighted by Gasteiger charge is 2.08. The molecule has 3 aromatic rings. The highest BCUT2D eigenvalue weighted by Crippen LogP contribution is 2.20. The van der Waals surface area contributed by atoms with Crippen molar-refractivity contribution in [2.75, 3.05) is 11.1 Å². The minimum atomic E-state index is -1.74. The van der Waals surface area contributed by atoms with Gasteiger partial charge in [-0.15, -0.1) is 11.3 Å². The van der Waals surface area contributed by atoms with Crippen molar-refractivity contribution in [1.82, 2.24) is 4.98 Å². The number of benzene rings is 2. The molecule has 1 aromatic heterocycles. The van der Waals surface area contributed by atoms with Crippen LogP contribution >= 0.6 is 11.3 Å². The van der Waals surface area contributed by atoms with Gasteiger partial charge in [-0.1, -0.05) is 48.9 Å². The van der Waals surface area contributed by atoms with E-state index in [1.165, 1.54) is 11.3 Å². The molecule has 5 nitrogen and oxygen atoms in total. The van der Waals surface area contributed by atoms with Crippen molar-refractivity contribution >= 4 is 28.1 Å². The molecule has 0 spiro atoms. The fourth-order valence-corrected chi connectivity index (χ4v) is 3.27. The van der Waals surface area contributed by atoms with E-state index >= 15 is 0 Å². The number of aromatic nitrogens is 1. The first-order valence-corrected chi connectivity index (χ1v) is 9.92. The lowest BCUT2D eigenvalue weighted by Gasteiger charge is -2.10. The Kier molecular flexibility index (Phi) is 5.82. The van der Waals surface area contributed by atoms with Crippen molar-refractivity contribution in [3.63, 3.8) is 0 Å². The third-order valence-electron chi connectivity index (χ3n) is 4.11. The summed E-state index contributed by atoms with van der Waals surface area (Å²) >= 11 is 1.28. The van der Waals surface area contributed by atoms with Crippen molar-refractivity contribution in [1.29, 1.82) is 0 Å². The van der Waals surface area contributed by atoms with Gasteiger partial charge in [0.25, 0.3) is 0 Å². The fourth-order valence-electron chi connectivity index (χ4n) is 2.71. The number of nitrogens with one attached hydrogen (secondary N) is 1. The van der Waals surface area contributed by atoms with Crippen LogP contribution in [-0.4, -0.2) is 16.0 Å². The third-order valence-corrected chi connectivity index (χ3v) is 4.83. The second kappa shape index (κ2) is 10.0. The topological polar surface area (TPSA) is 88.2 Å². The number of hydrogen-bond donors (Lipinski definition) is 3. The Hall–Kier alpha value is -2.70. The first-order valence-electron chi connectivity index (χ1n) is 10.5. The molecule has 6 heteroatoms. The smallest absolute Gasteiger partial charge is 0.230 e. The summed E-state index contributed by atoms with van der Waals surface area (Å²) in [5.41, 5.74) is 7.72. The molecule has 1 heterocycles. The summed E-state index contributed by atoms with van der Waals surface area (Å²) in [4.78, 5) is 16.2. The fraction of sp³-hybridized carbons (Fsp3) is 0.273. The van der Waals surface area contributed by atoms with E-state index in [9.17, 15) is 9.90 Å². The molecule has 0 fully saturated rings. The molecule has 2 aromatic carbocycles. The van der Waals surface area contributed by atoms with Gasteiger partial charge in [0.2, 0.25) is 5.91 Å². The normalized spacial score (nSPS) is 15.1. The number of nitrogen functional groups attached to an aromatic ring is 1. The molecule has 0 aliphatic heterocycles. The molecule has 0 saturated heterocycles. The zero-order chi connectivity index (χ0) is 22.5. The number of anilines is 2. The van der Waals surface area contributed by atoms with Gasteiger partial charge in [-0.05, 0) is 42.5 Å². The maximum Gasteiger partial charge on any atom is 0.230 e. The monoisotopic (exact) mass is 398 g/mol. The molecular weight excluding hydrogens is 370 g/mol. The van der Waals surface area contributed by atoms with E-state index in [2.05, 4.69) is 10.3 Å². The molecule has 28 heavy (non-hydrogen) atoms. The van der Waals surface area contributed by atoms with Crippen LogP contribution in [0.4, 0.5) is 10.8 Å². The second-order valence-corrected chi connectivity index (χ2v) is 7.21. The van der Waals surface area contributed by atoms with Gasteiger partial charge in [-0.25, -0.2) is 4.98 Å². The van der Waals surface area contributed by atoms with Gasteiger partial charge in [-0.2, -0.15) is 0 Å². The van der Waals surface area contributed by atoms with E-state index in [-0.39, 0.29) is 25.2 Å². The Balaban J connectivity index is 1.53. The number of nitrogens with zero attached hydrogens (tertiary/aromatic N) is 1. The average Bonchev–Trinajstić information content (AvgIpc) is 3.13. The van der Waals surface area contributed by atoms with Crippen molar-refractivity contribution in [2.24, 2.45) is 0 Å². The summed E-state index contributed by atoms with van der Waals surface area (Å²) in [5, 5.41) is 15.3. The highest BCUT2D eigenvalue weighted by molar-refractivity contribution is 7.13. The van der Waals surface area contributed by atoms with Gasteiger partial charge in [0.05, 0.1) is 19.6 Å². The van der Waals surface area contributed by atoms with Crippen LogP contribution in [0.5, 0.6) is 0 Å². The highest BCUT2D eigenvalue weighted by atomic mass is 32.1. The van der Waals surface area contributed by atoms with Crippen molar-refractivity contribution in [3.05, 3.63) is 76.8 Å². The molecule has 0 unspecified atom stereocenters. The third kappa shape index (κ3) is 6.18. The first-order chi connectivity index (χ1) is 14.7. The number of amides is 1. The molecule has 4 N–H and O–H groups in total. The molecule has 0 bridgehead atoms. The lowest BCUT2D eigenvalue weighted by atomic mass is 10.0. The number of hydrogen-bond acceptors (Lipinski definition) is 5. The molecule has 0 aliphatic carbocycles. The van der Waals surface area contributed by atoms with Crippen LogP contribution < -0.4 is 11.1 Å². The van der Waals surface area contributed by atoms with E-state index in [0.29, 0.717) is 34.1 Å². The van der Waals surface area contributed by atoms with E-state index < -0.39 is 12.5 Å². The standard InChI is InChI=1S/C22H25N3O2S/c23-22-25-19(15-28-22)14-21(27)24-18-12-10-16(11-13-18)6-4-5-9-20(26)17-7-2-1-3-8-17/h1-3,7-8,10-13,15,20,26H,4-6,9,14H2,(H2,23,25)(H,24,27)/t20-/m0/s1/i6D2,20D. The summed E-state index contributed by atoms with van der Waals surface area (Å²) in [6, 6.07) is 15.3. The quantitative estimate of drug-likeness (QED) is 0.500. The number of aryl methyl sites for hydroxylation is 1. The van der Waals surface area contributed by atoms with Gasteiger partial charge in [0.1, 0.15) is 0 Å². The summed E-state index contributed by atoms with van der Waals surface area (Å²) in [5.74, 6) is -0.225.